The monoisotopic (exact) mass is 282 g/mol. The second-order valence-electron chi connectivity index (χ2n) is 3.88. The third kappa shape index (κ3) is 2.33. The van der Waals surface area contributed by atoms with Crippen LogP contribution in [-0.2, 0) is 0 Å². The van der Waals surface area contributed by atoms with E-state index in [1.807, 2.05) is 7.05 Å². The van der Waals surface area contributed by atoms with Crippen molar-refractivity contribution in [1.29, 1.82) is 0 Å². The first-order valence-electron chi connectivity index (χ1n) is 4.64. The second-order valence-corrected chi connectivity index (χ2v) is 4.64. The molecule has 0 saturated heterocycles. The molecule has 2 N–H and O–H groups in total. The smallest absolute Gasteiger partial charge is 0.00752 e. The number of hydrogen-bond acceptors (Lipinski definition) is 2. The fraction of sp³-hybridized carbons (Fsp3) is 1.00. The molecule has 1 aliphatic rings. The Balaban J connectivity index is 2.26. The highest BCUT2D eigenvalue weighted by Crippen LogP contribution is 2.45. The van der Waals surface area contributed by atoms with E-state index in [9.17, 15) is 0 Å². The average Bonchev–Trinajstić information content (AvgIpc) is 2.04. The van der Waals surface area contributed by atoms with E-state index in [2.05, 4.69) is 40.3 Å². The van der Waals surface area contributed by atoms with Gasteiger partial charge in [0.1, 0.15) is 0 Å². The summed E-state index contributed by atoms with van der Waals surface area (Å²) in [6, 6.07) is 0.789. The maximum absolute atomic E-state index is 3.34. The number of halogens is 1. The summed E-state index contributed by atoms with van der Waals surface area (Å²) in [5.41, 5.74) is 0.650. The van der Waals surface area contributed by atoms with Crippen LogP contribution >= 0.6 is 22.6 Å². The van der Waals surface area contributed by atoms with E-state index in [-0.39, 0.29) is 0 Å². The van der Waals surface area contributed by atoms with E-state index in [1.54, 1.807) is 0 Å². The van der Waals surface area contributed by atoms with Crippen molar-refractivity contribution in [3.8, 4) is 0 Å². The Morgan fingerprint density at radius 2 is 2.08 bits per heavy atom. The Morgan fingerprint density at radius 3 is 2.50 bits per heavy atom. The molecule has 0 heterocycles. The van der Waals surface area contributed by atoms with E-state index >= 15 is 0 Å². The SMILES string of the molecule is CNCCC1(CI)CC(NC)C1. The normalized spacial score (nSPS) is 34.8. The van der Waals surface area contributed by atoms with Crippen LogP contribution in [0.2, 0.25) is 0 Å². The van der Waals surface area contributed by atoms with Gasteiger partial charge in [-0.15, -0.1) is 0 Å². The summed E-state index contributed by atoms with van der Waals surface area (Å²) in [4.78, 5) is 0. The summed E-state index contributed by atoms with van der Waals surface area (Å²) in [5.74, 6) is 0. The fourth-order valence-corrected chi connectivity index (χ4v) is 2.96. The molecule has 12 heavy (non-hydrogen) atoms. The molecule has 1 rings (SSSR count). The van der Waals surface area contributed by atoms with Crippen LogP contribution < -0.4 is 10.6 Å². The lowest BCUT2D eigenvalue weighted by atomic mass is 9.65. The number of hydrogen-bond donors (Lipinski definition) is 2. The zero-order valence-electron chi connectivity index (χ0n) is 7.99. The highest BCUT2D eigenvalue weighted by molar-refractivity contribution is 14.1. The number of nitrogens with one attached hydrogen (secondary N) is 2. The quantitative estimate of drug-likeness (QED) is 0.588. The molecule has 1 aliphatic carbocycles. The molecule has 0 aromatic heterocycles. The zero-order chi connectivity index (χ0) is 9.03. The van der Waals surface area contributed by atoms with Gasteiger partial charge in [0, 0.05) is 10.5 Å². The predicted molar refractivity (Wildman–Crippen MR) is 61.9 cm³/mol. The molecule has 0 radical (unpaired) electrons. The van der Waals surface area contributed by atoms with Crippen LogP contribution in [0.15, 0.2) is 0 Å². The third-order valence-corrected chi connectivity index (χ3v) is 4.57. The molecule has 0 aromatic carbocycles. The van der Waals surface area contributed by atoms with Crippen molar-refractivity contribution in [3.05, 3.63) is 0 Å². The van der Waals surface area contributed by atoms with Gasteiger partial charge in [0.2, 0.25) is 0 Å². The summed E-state index contributed by atoms with van der Waals surface area (Å²) in [6.45, 7) is 1.17. The van der Waals surface area contributed by atoms with Gasteiger partial charge in [-0.1, -0.05) is 22.6 Å². The predicted octanol–water partition coefficient (Wildman–Crippen LogP) is 1.40. The molecule has 3 heteroatoms. The summed E-state index contributed by atoms with van der Waals surface area (Å²) >= 11 is 2.53. The molecule has 0 aromatic rings. The molecule has 72 valence electrons. The average molecular weight is 282 g/mol. The largest absolute Gasteiger partial charge is 0.320 e. The maximum atomic E-state index is 3.34. The van der Waals surface area contributed by atoms with Crippen molar-refractivity contribution in [2.75, 3.05) is 25.1 Å². The van der Waals surface area contributed by atoms with Crippen LogP contribution in [0.3, 0.4) is 0 Å². The summed E-state index contributed by atoms with van der Waals surface area (Å²) < 4.78 is 1.31. The molecule has 0 aliphatic heterocycles. The fourth-order valence-electron chi connectivity index (χ4n) is 1.96. The van der Waals surface area contributed by atoms with Crippen molar-refractivity contribution in [2.24, 2.45) is 5.41 Å². The van der Waals surface area contributed by atoms with E-state index in [0.717, 1.165) is 6.04 Å². The van der Waals surface area contributed by atoms with Gasteiger partial charge in [-0.3, -0.25) is 0 Å². The maximum Gasteiger partial charge on any atom is 0.00752 e. The lowest BCUT2D eigenvalue weighted by molar-refractivity contribution is 0.108. The van der Waals surface area contributed by atoms with Crippen LogP contribution in [0.25, 0.3) is 0 Å². The van der Waals surface area contributed by atoms with E-state index in [0.29, 0.717) is 5.41 Å². The number of alkyl halides is 1. The molecule has 0 atom stereocenters. The molecule has 0 spiro atoms. The summed E-state index contributed by atoms with van der Waals surface area (Å²) in [6.07, 6.45) is 4.08. The van der Waals surface area contributed by atoms with Crippen LogP contribution in [0.1, 0.15) is 19.3 Å². The molecule has 1 saturated carbocycles. The van der Waals surface area contributed by atoms with Crippen LogP contribution in [0.4, 0.5) is 0 Å². The molecule has 2 nitrogen and oxygen atoms in total. The Morgan fingerprint density at radius 1 is 1.42 bits per heavy atom. The van der Waals surface area contributed by atoms with Crippen LogP contribution in [0.5, 0.6) is 0 Å². The minimum atomic E-state index is 0.650. The zero-order valence-corrected chi connectivity index (χ0v) is 10.1. The van der Waals surface area contributed by atoms with Gasteiger partial charge >= 0.3 is 0 Å². The Bertz CT molecular complexity index is 127. The summed E-state index contributed by atoms with van der Waals surface area (Å²) in [7, 11) is 4.11. The molecule has 0 amide bonds. The lowest BCUT2D eigenvalue weighted by Crippen LogP contribution is -2.49. The minimum absolute atomic E-state index is 0.650. The van der Waals surface area contributed by atoms with Crippen molar-refractivity contribution >= 4 is 22.6 Å². The van der Waals surface area contributed by atoms with Crippen molar-refractivity contribution in [2.45, 2.75) is 25.3 Å². The van der Waals surface area contributed by atoms with E-state index in [4.69, 9.17) is 0 Å². The first-order valence-corrected chi connectivity index (χ1v) is 6.17. The van der Waals surface area contributed by atoms with E-state index < -0.39 is 0 Å². The Hall–Kier alpha value is 0.650. The second kappa shape index (κ2) is 4.77. The molecular weight excluding hydrogens is 263 g/mol. The Kier molecular flexibility index (Phi) is 4.26. The standard InChI is InChI=1S/C9H19IN2/c1-11-4-3-9(7-10)5-8(6-9)12-2/h8,11-12H,3-7H2,1-2H3. The first kappa shape index (κ1) is 10.7. The molecular formula is C9H19IN2. The van der Waals surface area contributed by atoms with Gasteiger partial charge in [0.05, 0.1) is 0 Å². The van der Waals surface area contributed by atoms with Crippen LogP contribution in [0, 0.1) is 5.41 Å². The first-order chi connectivity index (χ1) is 5.76. The van der Waals surface area contributed by atoms with Gasteiger partial charge in [0.25, 0.3) is 0 Å². The number of rotatable bonds is 5. The summed E-state index contributed by atoms with van der Waals surface area (Å²) in [5, 5.41) is 6.58. The van der Waals surface area contributed by atoms with Gasteiger partial charge in [-0.05, 0) is 45.3 Å². The third-order valence-electron chi connectivity index (χ3n) is 2.96. The van der Waals surface area contributed by atoms with Crippen LogP contribution in [-0.4, -0.2) is 31.1 Å². The van der Waals surface area contributed by atoms with Crippen molar-refractivity contribution in [1.82, 2.24) is 10.6 Å². The highest BCUT2D eigenvalue weighted by Gasteiger charge is 2.41. The topological polar surface area (TPSA) is 24.1 Å². The van der Waals surface area contributed by atoms with Gasteiger partial charge in [0.15, 0.2) is 0 Å². The molecule has 0 unspecified atom stereocenters. The van der Waals surface area contributed by atoms with Crippen molar-refractivity contribution < 1.29 is 0 Å². The van der Waals surface area contributed by atoms with Gasteiger partial charge < -0.3 is 10.6 Å². The Labute approximate surface area is 89.0 Å². The molecule has 0 bridgehead atoms. The minimum Gasteiger partial charge on any atom is -0.320 e. The van der Waals surface area contributed by atoms with Gasteiger partial charge in [-0.2, -0.15) is 0 Å². The lowest BCUT2D eigenvalue weighted by Gasteiger charge is -2.47. The molecule has 1 fully saturated rings. The van der Waals surface area contributed by atoms with E-state index in [1.165, 1.54) is 30.2 Å². The van der Waals surface area contributed by atoms with Crippen molar-refractivity contribution in [3.63, 3.8) is 0 Å². The van der Waals surface area contributed by atoms with Gasteiger partial charge in [-0.25, -0.2) is 0 Å². The highest BCUT2D eigenvalue weighted by atomic mass is 127.